The molecule has 0 aromatic heterocycles. The van der Waals surface area contributed by atoms with Gasteiger partial charge in [0.05, 0.1) is 0 Å². The summed E-state index contributed by atoms with van der Waals surface area (Å²) in [6.45, 7) is 0.701. The highest BCUT2D eigenvalue weighted by Crippen LogP contribution is 2.53. The van der Waals surface area contributed by atoms with E-state index >= 15 is 0 Å². The fraction of sp³-hybridized carbons (Fsp3) is 1.00. The van der Waals surface area contributed by atoms with Gasteiger partial charge >= 0.3 is 0 Å². The Labute approximate surface area is 93.7 Å². The average Bonchev–Trinajstić information content (AvgIpc) is 3.01. The maximum absolute atomic E-state index is 8.69. The van der Waals surface area contributed by atoms with E-state index < -0.39 is 0 Å². The van der Waals surface area contributed by atoms with Gasteiger partial charge in [0.2, 0.25) is 0 Å². The molecule has 2 heteroatoms. The van der Waals surface area contributed by atoms with Crippen LogP contribution in [0.4, 0.5) is 0 Å². The monoisotopic (exact) mass is 214 g/mol. The molecular formula is C13H26O2. The van der Waals surface area contributed by atoms with Crippen LogP contribution in [0.2, 0.25) is 0 Å². The van der Waals surface area contributed by atoms with Crippen LogP contribution in [0, 0.1) is 5.41 Å². The number of hydrogen-bond donors (Lipinski definition) is 2. The molecule has 0 aromatic carbocycles. The summed E-state index contributed by atoms with van der Waals surface area (Å²) in [6, 6.07) is 0. The van der Waals surface area contributed by atoms with Gasteiger partial charge in [-0.1, -0.05) is 25.7 Å². The third-order valence-electron chi connectivity index (χ3n) is 3.69. The predicted molar refractivity (Wildman–Crippen MR) is 62.8 cm³/mol. The summed E-state index contributed by atoms with van der Waals surface area (Å²) in [6.07, 6.45) is 12.5. The van der Waals surface area contributed by atoms with E-state index in [1.54, 1.807) is 0 Å². The van der Waals surface area contributed by atoms with Gasteiger partial charge in [-0.15, -0.1) is 0 Å². The van der Waals surface area contributed by atoms with Crippen LogP contribution in [0.15, 0.2) is 0 Å². The zero-order valence-corrected chi connectivity index (χ0v) is 9.88. The van der Waals surface area contributed by atoms with Crippen molar-refractivity contribution in [3.63, 3.8) is 0 Å². The van der Waals surface area contributed by atoms with E-state index in [-0.39, 0.29) is 0 Å². The second-order valence-corrected chi connectivity index (χ2v) is 5.07. The zero-order chi connectivity index (χ0) is 11.0. The van der Waals surface area contributed by atoms with Crippen molar-refractivity contribution in [2.45, 2.75) is 64.2 Å². The van der Waals surface area contributed by atoms with Crippen molar-refractivity contribution < 1.29 is 10.2 Å². The Morgan fingerprint density at radius 1 is 0.667 bits per heavy atom. The molecule has 90 valence electrons. The number of aliphatic hydroxyl groups excluding tert-OH is 2. The van der Waals surface area contributed by atoms with E-state index in [1.807, 2.05) is 0 Å². The van der Waals surface area contributed by atoms with Gasteiger partial charge in [0.15, 0.2) is 0 Å². The molecule has 1 saturated carbocycles. The van der Waals surface area contributed by atoms with Gasteiger partial charge in [-0.25, -0.2) is 0 Å². The first-order valence-corrected chi connectivity index (χ1v) is 6.55. The Morgan fingerprint density at radius 2 is 1.13 bits per heavy atom. The summed E-state index contributed by atoms with van der Waals surface area (Å²) < 4.78 is 0. The van der Waals surface area contributed by atoms with Gasteiger partial charge < -0.3 is 10.2 Å². The van der Waals surface area contributed by atoms with Crippen molar-refractivity contribution in [1.82, 2.24) is 0 Å². The van der Waals surface area contributed by atoms with Crippen molar-refractivity contribution in [2.24, 2.45) is 5.41 Å². The molecule has 0 amide bonds. The molecule has 0 unspecified atom stereocenters. The van der Waals surface area contributed by atoms with Crippen LogP contribution in [-0.2, 0) is 0 Å². The number of hydrogen-bond acceptors (Lipinski definition) is 2. The molecule has 2 nitrogen and oxygen atoms in total. The smallest absolute Gasteiger partial charge is 0.0431 e. The van der Waals surface area contributed by atoms with Crippen molar-refractivity contribution in [2.75, 3.05) is 13.2 Å². The van der Waals surface area contributed by atoms with Crippen molar-refractivity contribution in [3.8, 4) is 0 Å². The molecule has 15 heavy (non-hydrogen) atoms. The Balaban J connectivity index is 1.96. The van der Waals surface area contributed by atoms with Crippen LogP contribution < -0.4 is 0 Å². The van der Waals surface area contributed by atoms with Crippen molar-refractivity contribution >= 4 is 0 Å². The fourth-order valence-electron chi connectivity index (χ4n) is 2.38. The molecule has 1 aliphatic rings. The topological polar surface area (TPSA) is 40.5 Å². The van der Waals surface area contributed by atoms with E-state index in [0.29, 0.717) is 18.6 Å². The van der Waals surface area contributed by atoms with Crippen LogP contribution >= 0.6 is 0 Å². The van der Waals surface area contributed by atoms with Gasteiger partial charge in [0, 0.05) is 13.2 Å². The first-order valence-electron chi connectivity index (χ1n) is 6.55. The molecule has 0 saturated heterocycles. The number of unbranched alkanes of at least 4 members (excludes halogenated alkanes) is 4. The normalized spacial score (nSPS) is 18.0. The van der Waals surface area contributed by atoms with E-state index in [1.165, 1.54) is 51.4 Å². The summed E-state index contributed by atoms with van der Waals surface area (Å²) in [7, 11) is 0. The lowest BCUT2D eigenvalue weighted by molar-refractivity contribution is 0.273. The molecule has 1 rings (SSSR count). The molecule has 0 aromatic rings. The second-order valence-electron chi connectivity index (χ2n) is 5.07. The van der Waals surface area contributed by atoms with Gasteiger partial charge in [0.1, 0.15) is 0 Å². The quantitative estimate of drug-likeness (QED) is 0.549. The molecule has 2 N–H and O–H groups in total. The molecule has 0 heterocycles. The molecule has 0 radical (unpaired) electrons. The van der Waals surface area contributed by atoms with Gasteiger partial charge in [-0.3, -0.25) is 0 Å². The van der Waals surface area contributed by atoms with Crippen LogP contribution in [-0.4, -0.2) is 23.4 Å². The third-order valence-corrected chi connectivity index (χ3v) is 3.69. The molecule has 0 bridgehead atoms. The minimum absolute atomic E-state index is 0.351. The van der Waals surface area contributed by atoms with Gasteiger partial charge in [-0.05, 0) is 43.9 Å². The highest BCUT2D eigenvalue weighted by molar-refractivity contribution is 4.92. The van der Waals surface area contributed by atoms with E-state index in [0.717, 1.165) is 12.8 Å². The summed E-state index contributed by atoms with van der Waals surface area (Å²) in [5, 5.41) is 17.4. The lowest BCUT2D eigenvalue weighted by Crippen LogP contribution is -2.01. The lowest BCUT2D eigenvalue weighted by Gasteiger charge is -2.14. The maximum atomic E-state index is 8.69. The Bertz CT molecular complexity index is 139. The first-order chi connectivity index (χ1) is 7.33. The fourth-order valence-corrected chi connectivity index (χ4v) is 2.38. The molecule has 0 atom stereocenters. The molecular weight excluding hydrogens is 188 g/mol. The minimum atomic E-state index is 0.351. The SMILES string of the molecule is OCCCCCC1(CCCCCO)CC1. The molecule has 0 aliphatic heterocycles. The maximum Gasteiger partial charge on any atom is 0.0431 e. The van der Waals surface area contributed by atoms with E-state index in [9.17, 15) is 0 Å². The van der Waals surface area contributed by atoms with Gasteiger partial charge in [0.25, 0.3) is 0 Å². The molecule has 1 aliphatic carbocycles. The average molecular weight is 214 g/mol. The lowest BCUT2D eigenvalue weighted by atomic mass is 9.92. The highest BCUT2D eigenvalue weighted by Gasteiger charge is 2.40. The van der Waals surface area contributed by atoms with Crippen molar-refractivity contribution in [3.05, 3.63) is 0 Å². The Morgan fingerprint density at radius 3 is 1.47 bits per heavy atom. The number of rotatable bonds is 10. The van der Waals surface area contributed by atoms with Crippen LogP contribution in [0.5, 0.6) is 0 Å². The minimum Gasteiger partial charge on any atom is -0.396 e. The zero-order valence-electron chi connectivity index (χ0n) is 9.88. The summed E-state index contributed by atoms with van der Waals surface area (Å²) in [4.78, 5) is 0. The van der Waals surface area contributed by atoms with Gasteiger partial charge in [-0.2, -0.15) is 0 Å². The standard InChI is InChI=1S/C13H26O2/c14-11-5-1-3-7-13(9-10-13)8-4-2-6-12-15/h14-15H,1-12H2. The predicted octanol–water partition coefficient (Wildman–Crippen LogP) is 2.87. The number of aliphatic hydroxyl groups is 2. The second kappa shape index (κ2) is 7.24. The molecule has 1 fully saturated rings. The first kappa shape index (κ1) is 13.0. The van der Waals surface area contributed by atoms with E-state index in [4.69, 9.17) is 10.2 Å². The molecule has 0 spiro atoms. The Kier molecular flexibility index (Phi) is 6.26. The van der Waals surface area contributed by atoms with Crippen LogP contribution in [0.1, 0.15) is 64.2 Å². The van der Waals surface area contributed by atoms with Crippen LogP contribution in [0.25, 0.3) is 0 Å². The summed E-state index contributed by atoms with van der Waals surface area (Å²) in [5.74, 6) is 0. The third kappa shape index (κ3) is 5.53. The largest absolute Gasteiger partial charge is 0.396 e. The highest BCUT2D eigenvalue weighted by atomic mass is 16.3. The van der Waals surface area contributed by atoms with E-state index in [2.05, 4.69) is 0 Å². The Hall–Kier alpha value is -0.0800. The van der Waals surface area contributed by atoms with Crippen LogP contribution in [0.3, 0.4) is 0 Å². The summed E-state index contributed by atoms with van der Waals surface area (Å²) in [5.41, 5.74) is 0.685. The summed E-state index contributed by atoms with van der Waals surface area (Å²) >= 11 is 0. The van der Waals surface area contributed by atoms with Crippen molar-refractivity contribution in [1.29, 1.82) is 0 Å².